The fourth-order valence-corrected chi connectivity index (χ4v) is 3.32. The van der Waals surface area contributed by atoms with E-state index in [-0.39, 0.29) is 35.1 Å². The maximum Gasteiger partial charge on any atom is 0.453 e. The summed E-state index contributed by atoms with van der Waals surface area (Å²) in [7, 11) is 10.7. The first-order valence-electron chi connectivity index (χ1n) is 9.90. The zero-order chi connectivity index (χ0) is 26.7. The van der Waals surface area contributed by atoms with Gasteiger partial charge in [-0.05, 0) is 30.0 Å². The van der Waals surface area contributed by atoms with Gasteiger partial charge < -0.3 is 35.6 Å². The van der Waals surface area contributed by atoms with E-state index >= 15 is 0 Å². The Bertz CT molecular complexity index is 1370. The number of nitrogens with two attached hydrogens (primary N) is 1. The van der Waals surface area contributed by atoms with Crippen molar-refractivity contribution in [1.29, 1.82) is 0 Å². The van der Waals surface area contributed by atoms with E-state index in [1.54, 1.807) is 30.5 Å². The fraction of sp³-hybridized carbons (Fsp3) is 0.200. The molecule has 2 heterocycles. The summed E-state index contributed by atoms with van der Waals surface area (Å²) in [5.41, 5.74) is 5.12. The lowest BCUT2D eigenvalue weighted by Crippen LogP contribution is -2.35. The highest BCUT2D eigenvalue weighted by Gasteiger charge is 2.28. The number of fused-ring (bicyclic) bond motifs is 1. The van der Waals surface area contributed by atoms with E-state index < -0.39 is 11.7 Å². The summed E-state index contributed by atoms with van der Waals surface area (Å²) in [4.78, 5) is 12.2. The van der Waals surface area contributed by atoms with Crippen molar-refractivity contribution in [3.63, 3.8) is 0 Å². The highest BCUT2D eigenvalue weighted by molar-refractivity contribution is 7.79. The topological polar surface area (TPSA) is 182 Å². The summed E-state index contributed by atoms with van der Waals surface area (Å²) in [5, 5.41) is 42.5. The quantitative estimate of drug-likeness (QED) is 0.109. The highest BCUT2D eigenvalue weighted by Crippen LogP contribution is 2.44. The van der Waals surface area contributed by atoms with Gasteiger partial charge in [0, 0.05) is 10.6 Å². The molecule has 0 fully saturated rings. The average molecular weight is 529 g/mol. The molecule has 16 heteroatoms. The second-order valence-electron chi connectivity index (χ2n) is 7.10. The van der Waals surface area contributed by atoms with Gasteiger partial charge in [0.15, 0.2) is 17.3 Å². The van der Waals surface area contributed by atoms with Crippen molar-refractivity contribution in [2.75, 3.05) is 12.0 Å². The predicted octanol–water partition coefficient (Wildman–Crippen LogP) is 0.113. The Labute approximate surface area is 217 Å². The Morgan fingerprint density at radius 2 is 1.83 bits per heavy atom. The number of rotatable bonds is 7. The predicted molar refractivity (Wildman–Crippen MR) is 135 cm³/mol. The first kappa shape index (κ1) is 27.5. The van der Waals surface area contributed by atoms with E-state index in [4.69, 9.17) is 42.5 Å². The van der Waals surface area contributed by atoms with Crippen LogP contribution in [0.3, 0.4) is 0 Å². The molecule has 0 atom stereocenters. The van der Waals surface area contributed by atoms with Gasteiger partial charge in [-0.3, -0.25) is 0 Å². The molecule has 12 nitrogen and oxygen atoms in total. The van der Waals surface area contributed by atoms with E-state index in [0.717, 1.165) is 11.0 Å². The molecule has 2 aromatic carbocycles. The molecule has 0 saturated carbocycles. The van der Waals surface area contributed by atoms with Crippen LogP contribution in [0, 0.1) is 0 Å². The lowest BCUT2D eigenvalue weighted by molar-refractivity contribution is -0.419. The maximum atomic E-state index is 9.62. The molecule has 36 heavy (non-hydrogen) atoms. The molecule has 0 bridgehead atoms. The minimum Gasteiger partial charge on any atom is -0.481 e. The first-order chi connectivity index (χ1) is 16.9. The first-order valence-corrected chi connectivity index (χ1v) is 11.2. The van der Waals surface area contributed by atoms with Crippen molar-refractivity contribution in [2.45, 2.75) is 18.3 Å². The minimum atomic E-state index is -3.56. The normalized spacial score (nSPS) is 11.6. The second-order valence-corrected chi connectivity index (χ2v) is 7.53. The standard InChI is InChI=1S/C19H15B2ClN6O6.CH4S/c20-18(21,29)28-8-26-13(27-28)6-33-16-12(34-19(30,31)32)5-11(9-2-1-3-10(22)4-9)15-14(16)17(23)25-7-24-15;1-2/h1-5,7-8,29-32H,6H2,(H2,23,24,25);2H,1H3. The monoisotopic (exact) mass is 528 g/mol. The number of aliphatic hydroxyl groups is 4. The third-order valence-electron chi connectivity index (χ3n) is 4.49. The van der Waals surface area contributed by atoms with Gasteiger partial charge in [-0.15, -0.1) is 0 Å². The van der Waals surface area contributed by atoms with Gasteiger partial charge in [0.05, 0.1) is 16.4 Å². The Kier molecular flexibility index (Phi) is 8.33. The molecular formula is C20H19B2ClN6O6S. The summed E-state index contributed by atoms with van der Waals surface area (Å²) >= 11 is 9.65. The fourth-order valence-electron chi connectivity index (χ4n) is 3.13. The van der Waals surface area contributed by atoms with Crippen LogP contribution in [0.25, 0.3) is 22.0 Å². The Hall–Kier alpha value is -3.07. The number of nitrogen functional groups attached to an aromatic ring is 1. The van der Waals surface area contributed by atoms with Crippen LogP contribution in [0.2, 0.25) is 5.02 Å². The van der Waals surface area contributed by atoms with E-state index in [9.17, 15) is 20.4 Å². The van der Waals surface area contributed by atoms with E-state index in [2.05, 4.69) is 32.7 Å². The van der Waals surface area contributed by atoms with Crippen LogP contribution >= 0.6 is 24.2 Å². The second kappa shape index (κ2) is 10.9. The van der Waals surface area contributed by atoms with Crippen LogP contribution in [0.15, 0.2) is 43.0 Å². The third-order valence-corrected chi connectivity index (χ3v) is 4.73. The average Bonchev–Trinajstić information content (AvgIpc) is 3.28. The summed E-state index contributed by atoms with van der Waals surface area (Å²) in [5.74, 6) is -0.492. The molecule has 6 N–H and O–H groups in total. The number of nitrogens with zero attached hydrogens (tertiary/aromatic N) is 5. The van der Waals surface area contributed by atoms with Gasteiger partial charge in [-0.1, -0.05) is 23.7 Å². The van der Waals surface area contributed by atoms with Crippen LogP contribution in [-0.4, -0.2) is 73.3 Å². The zero-order valence-electron chi connectivity index (χ0n) is 18.6. The molecule has 0 aliphatic heterocycles. The number of ether oxygens (including phenoxy) is 2. The third kappa shape index (κ3) is 6.37. The molecule has 0 aliphatic rings. The number of anilines is 1. The number of thiol groups is 1. The summed E-state index contributed by atoms with van der Waals surface area (Å²) in [6.45, 7) is -0.339. The number of halogens is 1. The largest absolute Gasteiger partial charge is 0.481 e. The van der Waals surface area contributed by atoms with Crippen LogP contribution < -0.4 is 15.2 Å². The Balaban J connectivity index is 0.00000176. The highest BCUT2D eigenvalue weighted by atomic mass is 35.5. The van der Waals surface area contributed by atoms with Gasteiger partial charge in [-0.2, -0.15) is 17.7 Å². The van der Waals surface area contributed by atoms with Crippen LogP contribution in [-0.2, 0) is 12.1 Å². The van der Waals surface area contributed by atoms with Crippen molar-refractivity contribution in [2.24, 2.45) is 0 Å². The molecule has 0 spiro atoms. The van der Waals surface area contributed by atoms with Crippen LogP contribution in [0.1, 0.15) is 5.82 Å². The van der Waals surface area contributed by atoms with Crippen LogP contribution in [0.4, 0.5) is 5.82 Å². The zero-order valence-corrected chi connectivity index (χ0v) is 20.3. The summed E-state index contributed by atoms with van der Waals surface area (Å²) < 4.78 is 11.5. The lowest BCUT2D eigenvalue weighted by Gasteiger charge is -2.21. The van der Waals surface area contributed by atoms with E-state index in [1.165, 1.54) is 12.4 Å². The van der Waals surface area contributed by atoms with E-state index in [0.29, 0.717) is 21.7 Å². The molecule has 4 rings (SSSR count). The molecule has 0 unspecified atom stereocenters. The molecule has 184 valence electrons. The minimum absolute atomic E-state index is 0.0334. The molecule has 0 saturated heterocycles. The molecular weight excluding hydrogens is 509 g/mol. The SMILES string of the molecule is CS.[B]C([B])(O)n1cnc(COc2c(OC(O)(O)O)cc(-c3cccc(Cl)c3)c3ncnc(N)c23)n1. The summed E-state index contributed by atoms with van der Waals surface area (Å²) in [6.07, 6.45) is 0.447. The van der Waals surface area contributed by atoms with Crippen LogP contribution in [0.5, 0.6) is 11.5 Å². The maximum absolute atomic E-state index is 9.62. The van der Waals surface area contributed by atoms with Gasteiger partial charge in [0.2, 0.25) is 0 Å². The molecule has 4 radical (unpaired) electrons. The Morgan fingerprint density at radius 3 is 2.44 bits per heavy atom. The number of hydrogen-bond donors (Lipinski definition) is 6. The van der Waals surface area contributed by atoms with Crippen molar-refractivity contribution in [1.82, 2.24) is 24.7 Å². The number of hydrogen-bond acceptors (Lipinski definition) is 12. The van der Waals surface area contributed by atoms with Crippen molar-refractivity contribution >= 4 is 56.6 Å². The van der Waals surface area contributed by atoms with Gasteiger partial charge in [0.1, 0.15) is 40.8 Å². The molecule has 2 aromatic heterocycles. The number of aromatic nitrogens is 5. The van der Waals surface area contributed by atoms with Gasteiger partial charge in [0.25, 0.3) is 0 Å². The van der Waals surface area contributed by atoms with Gasteiger partial charge >= 0.3 is 6.16 Å². The van der Waals surface area contributed by atoms with Gasteiger partial charge in [-0.25, -0.2) is 19.6 Å². The molecule has 0 aliphatic carbocycles. The lowest BCUT2D eigenvalue weighted by atomic mass is 9.73. The summed E-state index contributed by atoms with van der Waals surface area (Å²) in [6, 6.07) is 8.08. The number of benzene rings is 2. The van der Waals surface area contributed by atoms with E-state index in [1.807, 2.05) is 0 Å². The Morgan fingerprint density at radius 1 is 1.11 bits per heavy atom. The van der Waals surface area contributed by atoms with Crippen molar-refractivity contribution < 1.29 is 29.9 Å². The molecule has 0 amide bonds. The molecule has 4 aromatic rings. The smallest absolute Gasteiger partial charge is 0.453 e. The van der Waals surface area contributed by atoms with Crippen molar-refractivity contribution in [3.8, 4) is 22.6 Å². The van der Waals surface area contributed by atoms with Crippen molar-refractivity contribution in [3.05, 3.63) is 53.8 Å².